The van der Waals surface area contributed by atoms with Crippen molar-refractivity contribution in [1.29, 1.82) is 0 Å². The summed E-state index contributed by atoms with van der Waals surface area (Å²) in [5.41, 5.74) is 1.33. The summed E-state index contributed by atoms with van der Waals surface area (Å²) in [7, 11) is 0. The van der Waals surface area contributed by atoms with Crippen LogP contribution in [0.5, 0.6) is 0 Å². The number of aryl methyl sites for hydroxylation is 1. The van der Waals surface area contributed by atoms with Crippen molar-refractivity contribution in [3.8, 4) is 0 Å². The second-order valence-corrected chi connectivity index (χ2v) is 5.38. The van der Waals surface area contributed by atoms with E-state index in [0.717, 1.165) is 23.3 Å². The third kappa shape index (κ3) is 2.44. The number of amides is 1. The Kier molecular flexibility index (Phi) is 3.78. The highest BCUT2D eigenvalue weighted by atomic mass is 32.1. The van der Waals surface area contributed by atoms with Gasteiger partial charge in [-0.3, -0.25) is 4.79 Å². The molecule has 0 saturated carbocycles. The molecular weight excluding hydrogens is 270 g/mol. The van der Waals surface area contributed by atoms with Crippen molar-refractivity contribution in [2.75, 3.05) is 5.32 Å². The predicted molar refractivity (Wildman–Crippen MR) is 72.9 cm³/mol. The smallest absolute Gasteiger partial charge is 0.348 e. The number of thiophene rings is 2. The summed E-state index contributed by atoms with van der Waals surface area (Å²) >= 11 is 2.46. The average Bonchev–Trinajstić information content (AvgIpc) is 2.96. The standard InChI is InChI=1S/C12H11NO3S2/c1-2-7-3-5-17-9(7)11(14)13-8-4-6-18-10(8)12(15)16/h3-6H,2H2,1H3,(H,13,14)(H,15,16). The van der Waals surface area contributed by atoms with E-state index in [4.69, 9.17) is 5.11 Å². The molecule has 2 rings (SSSR count). The Morgan fingerprint density at radius 1 is 1.22 bits per heavy atom. The summed E-state index contributed by atoms with van der Waals surface area (Å²) in [6.45, 7) is 1.98. The zero-order valence-corrected chi connectivity index (χ0v) is 11.2. The SMILES string of the molecule is CCc1ccsc1C(=O)Nc1ccsc1C(=O)O. The fraction of sp³-hybridized carbons (Fsp3) is 0.167. The summed E-state index contributed by atoms with van der Waals surface area (Å²) in [6, 6.07) is 3.51. The van der Waals surface area contributed by atoms with Gasteiger partial charge < -0.3 is 10.4 Å². The highest BCUT2D eigenvalue weighted by Gasteiger charge is 2.17. The Hall–Kier alpha value is -1.66. The van der Waals surface area contributed by atoms with Gasteiger partial charge in [-0.15, -0.1) is 22.7 Å². The van der Waals surface area contributed by atoms with Crippen molar-refractivity contribution < 1.29 is 14.7 Å². The largest absolute Gasteiger partial charge is 0.477 e. The minimum atomic E-state index is -1.03. The number of carbonyl (C=O) groups excluding carboxylic acids is 1. The van der Waals surface area contributed by atoms with Crippen molar-refractivity contribution in [2.45, 2.75) is 13.3 Å². The number of hydrogen-bond acceptors (Lipinski definition) is 4. The van der Waals surface area contributed by atoms with E-state index in [-0.39, 0.29) is 10.8 Å². The maximum absolute atomic E-state index is 12.0. The minimum absolute atomic E-state index is 0.151. The molecule has 0 aromatic carbocycles. The Morgan fingerprint density at radius 3 is 2.56 bits per heavy atom. The molecule has 0 bridgehead atoms. The number of carboxylic acids is 1. The maximum Gasteiger partial charge on any atom is 0.348 e. The van der Waals surface area contributed by atoms with Gasteiger partial charge >= 0.3 is 5.97 Å². The second kappa shape index (κ2) is 5.32. The van der Waals surface area contributed by atoms with Gasteiger partial charge in [0.05, 0.1) is 10.6 Å². The van der Waals surface area contributed by atoms with E-state index in [1.165, 1.54) is 11.3 Å². The molecule has 0 fully saturated rings. The zero-order valence-electron chi connectivity index (χ0n) is 9.60. The van der Waals surface area contributed by atoms with E-state index < -0.39 is 5.97 Å². The van der Waals surface area contributed by atoms with E-state index in [0.29, 0.717) is 10.6 Å². The molecule has 2 N–H and O–H groups in total. The van der Waals surface area contributed by atoms with Crippen LogP contribution in [-0.2, 0) is 6.42 Å². The lowest BCUT2D eigenvalue weighted by Crippen LogP contribution is -2.13. The van der Waals surface area contributed by atoms with Crippen molar-refractivity contribution in [3.05, 3.63) is 38.2 Å². The van der Waals surface area contributed by atoms with Crippen LogP contribution in [0.15, 0.2) is 22.9 Å². The summed E-state index contributed by atoms with van der Waals surface area (Å²) in [6.07, 6.45) is 0.779. The molecule has 0 unspecified atom stereocenters. The summed E-state index contributed by atoms with van der Waals surface area (Å²) in [5.74, 6) is -1.27. The molecule has 0 radical (unpaired) electrons. The lowest BCUT2D eigenvalue weighted by atomic mass is 10.2. The van der Waals surface area contributed by atoms with Crippen LogP contribution >= 0.6 is 22.7 Å². The highest BCUT2D eigenvalue weighted by molar-refractivity contribution is 7.13. The quantitative estimate of drug-likeness (QED) is 0.903. The van der Waals surface area contributed by atoms with E-state index >= 15 is 0 Å². The second-order valence-electron chi connectivity index (χ2n) is 3.55. The number of nitrogens with one attached hydrogen (secondary N) is 1. The van der Waals surface area contributed by atoms with Crippen LogP contribution in [0, 0.1) is 0 Å². The van der Waals surface area contributed by atoms with Crippen molar-refractivity contribution in [3.63, 3.8) is 0 Å². The lowest BCUT2D eigenvalue weighted by Gasteiger charge is -2.04. The van der Waals surface area contributed by atoms with Gasteiger partial charge in [-0.1, -0.05) is 6.92 Å². The highest BCUT2D eigenvalue weighted by Crippen LogP contribution is 2.24. The van der Waals surface area contributed by atoms with Gasteiger partial charge in [0, 0.05) is 0 Å². The molecule has 2 aromatic rings. The van der Waals surface area contributed by atoms with Crippen molar-refractivity contribution in [2.24, 2.45) is 0 Å². The molecule has 0 spiro atoms. The Morgan fingerprint density at radius 2 is 1.89 bits per heavy atom. The third-order valence-electron chi connectivity index (χ3n) is 2.44. The molecular formula is C12H11NO3S2. The molecule has 6 heteroatoms. The maximum atomic E-state index is 12.0. The van der Waals surface area contributed by atoms with Crippen LogP contribution in [0.2, 0.25) is 0 Å². The van der Waals surface area contributed by atoms with Gasteiger partial charge in [0.2, 0.25) is 0 Å². The van der Waals surface area contributed by atoms with Crippen LogP contribution in [0.4, 0.5) is 5.69 Å². The lowest BCUT2D eigenvalue weighted by molar-refractivity contribution is 0.0703. The van der Waals surface area contributed by atoms with Crippen LogP contribution in [0.25, 0.3) is 0 Å². The van der Waals surface area contributed by atoms with E-state index in [1.54, 1.807) is 11.4 Å². The van der Waals surface area contributed by atoms with Crippen LogP contribution in [0.3, 0.4) is 0 Å². The van der Waals surface area contributed by atoms with E-state index in [9.17, 15) is 9.59 Å². The van der Waals surface area contributed by atoms with Crippen molar-refractivity contribution in [1.82, 2.24) is 0 Å². The first-order chi connectivity index (χ1) is 8.63. The minimum Gasteiger partial charge on any atom is -0.477 e. The molecule has 0 aliphatic heterocycles. The Balaban J connectivity index is 2.22. The number of anilines is 1. The van der Waals surface area contributed by atoms with Gasteiger partial charge in [0.1, 0.15) is 4.88 Å². The number of rotatable bonds is 4. The summed E-state index contributed by atoms with van der Waals surface area (Å²) in [4.78, 5) is 23.8. The van der Waals surface area contributed by atoms with Gasteiger partial charge in [0.15, 0.2) is 0 Å². The fourth-order valence-electron chi connectivity index (χ4n) is 1.57. The molecule has 1 amide bonds. The monoisotopic (exact) mass is 281 g/mol. The normalized spacial score (nSPS) is 10.3. The summed E-state index contributed by atoms with van der Waals surface area (Å²) in [5, 5.41) is 15.1. The molecule has 0 aliphatic carbocycles. The predicted octanol–water partition coefficient (Wildman–Crippen LogP) is 3.32. The molecule has 0 atom stereocenters. The average molecular weight is 281 g/mol. The Bertz CT molecular complexity index is 586. The van der Waals surface area contributed by atoms with Crippen LogP contribution in [-0.4, -0.2) is 17.0 Å². The number of hydrogen-bond donors (Lipinski definition) is 2. The summed E-state index contributed by atoms with van der Waals surface area (Å²) < 4.78 is 0. The molecule has 18 heavy (non-hydrogen) atoms. The third-order valence-corrected chi connectivity index (χ3v) is 4.30. The Labute approximate surface area is 112 Å². The first kappa shape index (κ1) is 12.8. The van der Waals surface area contributed by atoms with Gasteiger partial charge in [-0.25, -0.2) is 4.79 Å². The topological polar surface area (TPSA) is 66.4 Å². The number of aromatic carboxylic acids is 1. The van der Waals surface area contributed by atoms with Gasteiger partial charge in [-0.05, 0) is 34.9 Å². The number of carboxylic acid groups (broad SMARTS) is 1. The fourth-order valence-corrected chi connectivity index (χ4v) is 3.14. The van der Waals surface area contributed by atoms with Crippen molar-refractivity contribution >= 4 is 40.2 Å². The first-order valence-electron chi connectivity index (χ1n) is 5.32. The number of carbonyl (C=O) groups is 2. The van der Waals surface area contributed by atoms with Gasteiger partial charge in [-0.2, -0.15) is 0 Å². The van der Waals surface area contributed by atoms with Gasteiger partial charge in [0.25, 0.3) is 5.91 Å². The molecule has 4 nitrogen and oxygen atoms in total. The van der Waals surface area contributed by atoms with Crippen LogP contribution < -0.4 is 5.32 Å². The van der Waals surface area contributed by atoms with E-state index in [1.807, 2.05) is 18.4 Å². The first-order valence-corrected chi connectivity index (χ1v) is 7.08. The zero-order chi connectivity index (χ0) is 13.1. The molecule has 0 saturated heterocycles. The van der Waals surface area contributed by atoms with Crippen LogP contribution in [0.1, 0.15) is 31.8 Å². The molecule has 94 valence electrons. The molecule has 2 aromatic heterocycles. The van der Waals surface area contributed by atoms with E-state index in [2.05, 4.69) is 5.32 Å². The molecule has 2 heterocycles. The molecule has 0 aliphatic rings.